The van der Waals surface area contributed by atoms with E-state index in [1.165, 1.54) is 43.1 Å². The minimum absolute atomic E-state index is 0.175. The number of fused-ring (bicyclic) bond motifs is 5. The fourth-order valence-corrected chi connectivity index (χ4v) is 7.01. The molecular formula is C32H20ClFS. The maximum Gasteiger partial charge on any atom is 0.123 e. The van der Waals surface area contributed by atoms with Crippen LogP contribution in [-0.2, 0) is 6.42 Å². The lowest BCUT2D eigenvalue weighted by atomic mass is 9.80. The first kappa shape index (κ1) is 20.9. The van der Waals surface area contributed by atoms with Crippen LogP contribution < -0.4 is 0 Å². The molecule has 0 nitrogen and oxygen atoms in total. The molecule has 0 saturated heterocycles. The lowest BCUT2D eigenvalue weighted by Gasteiger charge is -2.24. The molecule has 3 heteroatoms. The highest BCUT2D eigenvalue weighted by atomic mass is 35.5. The van der Waals surface area contributed by atoms with Gasteiger partial charge < -0.3 is 0 Å². The number of halogens is 2. The van der Waals surface area contributed by atoms with Crippen LogP contribution in [0.1, 0.15) is 21.9 Å². The molecule has 5 aromatic carbocycles. The van der Waals surface area contributed by atoms with E-state index in [9.17, 15) is 4.39 Å². The number of rotatable bonds is 2. The van der Waals surface area contributed by atoms with Gasteiger partial charge in [-0.3, -0.25) is 0 Å². The Morgan fingerprint density at radius 2 is 1.46 bits per heavy atom. The van der Waals surface area contributed by atoms with E-state index < -0.39 is 0 Å². The number of hydrogen-bond donors (Lipinski definition) is 0. The van der Waals surface area contributed by atoms with Gasteiger partial charge in [-0.1, -0.05) is 78.3 Å². The van der Waals surface area contributed by atoms with Crippen LogP contribution in [0.25, 0.3) is 48.8 Å². The van der Waals surface area contributed by atoms with E-state index in [2.05, 4.69) is 66.7 Å². The average molecular weight is 491 g/mol. The molecule has 1 atom stereocenters. The van der Waals surface area contributed by atoms with Gasteiger partial charge in [0, 0.05) is 20.5 Å². The van der Waals surface area contributed by atoms with Gasteiger partial charge in [0.25, 0.3) is 0 Å². The molecule has 0 spiro atoms. The van der Waals surface area contributed by atoms with Crippen molar-refractivity contribution in [2.24, 2.45) is 0 Å². The molecule has 0 saturated carbocycles. The molecule has 1 heterocycles. The molecule has 1 aliphatic rings. The van der Waals surface area contributed by atoms with Gasteiger partial charge >= 0.3 is 0 Å². The van der Waals surface area contributed by atoms with Crippen molar-refractivity contribution in [1.82, 2.24) is 0 Å². The Labute approximate surface area is 211 Å². The molecular weight excluding hydrogens is 471 g/mol. The fourth-order valence-electron chi connectivity index (χ4n) is 5.69. The molecule has 1 aromatic heterocycles. The third-order valence-electron chi connectivity index (χ3n) is 7.15. The SMILES string of the molecule is Fc1ccc2sc3c(c2c1)CC(c1c2ccccc2c(-c2cccc(Cl)c2)c2ccccc12)C=C3. The molecule has 168 valence electrons. The van der Waals surface area contributed by atoms with Crippen LogP contribution in [0.3, 0.4) is 0 Å². The monoisotopic (exact) mass is 490 g/mol. The minimum atomic E-state index is -0.175. The van der Waals surface area contributed by atoms with Crippen molar-refractivity contribution < 1.29 is 4.39 Å². The Balaban J connectivity index is 1.51. The van der Waals surface area contributed by atoms with Crippen LogP contribution in [0.4, 0.5) is 4.39 Å². The normalized spacial score (nSPS) is 15.2. The minimum Gasteiger partial charge on any atom is -0.207 e. The van der Waals surface area contributed by atoms with Crippen molar-refractivity contribution >= 4 is 60.6 Å². The molecule has 7 rings (SSSR count). The van der Waals surface area contributed by atoms with E-state index >= 15 is 0 Å². The zero-order valence-corrected chi connectivity index (χ0v) is 20.3. The molecule has 0 bridgehead atoms. The first-order valence-corrected chi connectivity index (χ1v) is 13.0. The Hall–Kier alpha value is -3.46. The van der Waals surface area contributed by atoms with Gasteiger partial charge in [-0.15, -0.1) is 11.3 Å². The number of hydrogen-bond acceptors (Lipinski definition) is 1. The van der Waals surface area contributed by atoms with Crippen molar-refractivity contribution in [1.29, 1.82) is 0 Å². The van der Waals surface area contributed by atoms with Crippen LogP contribution in [0.5, 0.6) is 0 Å². The quantitative estimate of drug-likeness (QED) is 0.212. The standard InChI is InChI=1S/C32H20ClFS/c33-21-7-5-6-19(16-21)31-23-8-1-3-10-25(23)32(26-11-4-2-9-24(26)31)20-12-14-29-27(17-20)28-18-22(34)13-15-30(28)35-29/h1-16,18,20H,17H2. The first-order chi connectivity index (χ1) is 17.2. The smallest absolute Gasteiger partial charge is 0.123 e. The molecule has 1 aliphatic carbocycles. The highest BCUT2D eigenvalue weighted by molar-refractivity contribution is 7.20. The maximum absolute atomic E-state index is 14.1. The van der Waals surface area contributed by atoms with Crippen molar-refractivity contribution in [3.63, 3.8) is 0 Å². The van der Waals surface area contributed by atoms with Gasteiger partial charge in [-0.05, 0) is 92.0 Å². The van der Waals surface area contributed by atoms with E-state index in [1.54, 1.807) is 23.5 Å². The second-order valence-electron chi connectivity index (χ2n) is 9.15. The molecule has 0 aliphatic heterocycles. The Morgan fingerprint density at radius 3 is 2.17 bits per heavy atom. The summed E-state index contributed by atoms with van der Waals surface area (Å²) in [7, 11) is 0. The Kier molecular flexibility index (Phi) is 4.80. The van der Waals surface area contributed by atoms with Crippen molar-refractivity contribution in [3.05, 3.63) is 124 Å². The zero-order valence-electron chi connectivity index (χ0n) is 18.8. The predicted molar refractivity (Wildman–Crippen MR) is 149 cm³/mol. The van der Waals surface area contributed by atoms with E-state index in [0.29, 0.717) is 0 Å². The lowest BCUT2D eigenvalue weighted by molar-refractivity contribution is 0.629. The summed E-state index contributed by atoms with van der Waals surface area (Å²) < 4.78 is 15.3. The Bertz CT molecular complexity index is 1750. The summed E-state index contributed by atoms with van der Waals surface area (Å²) in [5.74, 6) is 0.0257. The maximum atomic E-state index is 14.1. The molecule has 1 unspecified atom stereocenters. The van der Waals surface area contributed by atoms with Crippen LogP contribution >= 0.6 is 22.9 Å². The first-order valence-electron chi connectivity index (χ1n) is 11.8. The van der Waals surface area contributed by atoms with Crippen LogP contribution in [0.2, 0.25) is 5.02 Å². The van der Waals surface area contributed by atoms with Gasteiger partial charge in [-0.25, -0.2) is 4.39 Å². The zero-order chi connectivity index (χ0) is 23.5. The van der Waals surface area contributed by atoms with Gasteiger partial charge in [-0.2, -0.15) is 0 Å². The molecule has 0 radical (unpaired) electrons. The number of benzene rings is 5. The van der Waals surface area contributed by atoms with Gasteiger partial charge in [0.2, 0.25) is 0 Å². The predicted octanol–water partition coefficient (Wildman–Crippen LogP) is 10.0. The summed E-state index contributed by atoms with van der Waals surface area (Å²) in [5, 5.41) is 6.74. The second-order valence-corrected chi connectivity index (χ2v) is 10.7. The van der Waals surface area contributed by atoms with Crippen molar-refractivity contribution in [2.75, 3.05) is 0 Å². The molecule has 35 heavy (non-hydrogen) atoms. The highest BCUT2D eigenvalue weighted by Crippen LogP contribution is 2.46. The lowest BCUT2D eigenvalue weighted by Crippen LogP contribution is -2.06. The van der Waals surface area contributed by atoms with E-state index in [-0.39, 0.29) is 11.7 Å². The topological polar surface area (TPSA) is 0 Å². The summed E-state index contributed by atoms with van der Waals surface area (Å²) in [5.41, 5.74) is 4.92. The van der Waals surface area contributed by atoms with Crippen molar-refractivity contribution in [2.45, 2.75) is 12.3 Å². The van der Waals surface area contributed by atoms with E-state index in [0.717, 1.165) is 27.1 Å². The van der Waals surface area contributed by atoms with Crippen molar-refractivity contribution in [3.8, 4) is 11.1 Å². The van der Waals surface area contributed by atoms with Crippen LogP contribution in [0.15, 0.2) is 97.1 Å². The van der Waals surface area contributed by atoms with Gasteiger partial charge in [0.05, 0.1) is 0 Å². The molecule has 6 aromatic rings. The fraction of sp³-hybridized carbons (Fsp3) is 0.0625. The largest absolute Gasteiger partial charge is 0.207 e. The molecule has 0 fully saturated rings. The van der Waals surface area contributed by atoms with E-state index in [1.807, 2.05) is 24.3 Å². The summed E-state index contributed by atoms with van der Waals surface area (Å²) in [6.45, 7) is 0. The summed E-state index contributed by atoms with van der Waals surface area (Å²) in [4.78, 5) is 1.24. The molecule has 0 amide bonds. The summed E-state index contributed by atoms with van der Waals surface area (Å²) in [6, 6.07) is 30.6. The van der Waals surface area contributed by atoms with E-state index in [4.69, 9.17) is 11.6 Å². The van der Waals surface area contributed by atoms with Crippen LogP contribution in [-0.4, -0.2) is 0 Å². The Morgan fingerprint density at radius 1 is 0.743 bits per heavy atom. The van der Waals surface area contributed by atoms with Crippen LogP contribution in [0, 0.1) is 5.82 Å². The highest BCUT2D eigenvalue weighted by Gasteiger charge is 2.25. The third kappa shape index (κ3) is 3.32. The number of allylic oxidation sites excluding steroid dienone is 1. The third-order valence-corrected chi connectivity index (χ3v) is 8.56. The molecule has 0 N–H and O–H groups in total. The number of thiophene rings is 1. The van der Waals surface area contributed by atoms with Gasteiger partial charge in [0.15, 0.2) is 0 Å². The second kappa shape index (κ2) is 8.05. The average Bonchev–Trinajstić information content (AvgIpc) is 3.24. The summed E-state index contributed by atoms with van der Waals surface area (Å²) in [6.07, 6.45) is 5.43. The summed E-state index contributed by atoms with van der Waals surface area (Å²) >= 11 is 8.16. The van der Waals surface area contributed by atoms with Gasteiger partial charge in [0.1, 0.15) is 5.82 Å².